The molecule has 1 aliphatic rings. The van der Waals surface area contributed by atoms with Crippen LogP contribution in [0.2, 0.25) is 0 Å². The highest BCUT2D eigenvalue weighted by molar-refractivity contribution is 7.89. The average Bonchev–Trinajstić information content (AvgIpc) is 2.46. The topological polar surface area (TPSA) is 57.7 Å². The Kier molecular flexibility index (Phi) is 7.51. The van der Waals surface area contributed by atoms with E-state index in [1.54, 1.807) is 9.21 Å². The summed E-state index contributed by atoms with van der Waals surface area (Å²) in [5.41, 5.74) is 0. The van der Waals surface area contributed by atoms with Crippen molar-refractivity contribution in [1.82, 2.24) is 9.21 Å². The molecule has 0 radical (unpaired) electrons. The van der Waals surface area contributed by atoms with Crippen molar-refractivity contribution in [2.24, 2.45) is 0 Å². The lowest BCUT2D eigenvalue weighted by Crippen LogP contribution is -2.37. The molecule has 0 unspecified atom stereocenters. The van der Waals surface area contributed by atoms with Gasteiger partial charge in [-0.05, 0) is 39.5 Å². The first-order chi connectivity index (χ1) is 9.51. The third kappa shape index (κ3) is 5.40. The Labute approximate surface area is 123 Å². The molecule has 0 aromatic carbocycles. The number of carbonyl (C=O) groups excluding carboxylic acids is 1. The molecule has 1 rings (SSSR count). The van der Waals surface area contributed by atoms with Gasteiger partial charge in [0.25, 0.3) is 0 Å². The smallest absolute Gasteiger partial charge is 0.222 e. The standard InChI is InChI=1S/C14H28N2O3S/c1-3-15(4-2)14(17)10-6-9-13-20(18,19)16-11-7-5-8-12-16/h3-13H2,1-2H3. The van der Waals surface area contributed by atoms with E-state index >= 15 is 0 Å². The number of rotatable bonds is 8. The Hall–Kier alpha value is -0.620. The molecule has 0 aliphatic carbocycles. The van der Waals surface area contributed by atoms with Crippen LogP contribution in [0.25, 0.3) is 0 Å². The highest BCUT2D eigenvalue weighted by Crippen LogP contribution is 2.15. The van der Waals surface area contributed by atoms with Gasteiger partial charge in [0.1, 0.15) is 0 Å². The molecule has 20 heavy (non-hydrogen) atoms. The van der Waals surface area contributed by atoms with E-state index in [9.17, 15) is 13.2 Å². The van der Waals surface area contributed by atoms with Gasteiger partial charge in [0.15, 0.2) is 0 Å². The van der Waals surface area contributed by atoms with E-state index in [-0.39, 0.29) is 11.7 Å². The van der Waals surface area contributed by atoms with Crippen LogP contribution in [0.4, 0.5) is 0 Å². The molecule has 1 aliphatic heterocycles. The Morgan fingerprint density at radius 2 is 1.65 bits per heavy atom. The number of sulfonamides is 1. The highest BCUT2D eigenvalue weighted by Gasteiger charge is 2.23. The molecule has 1 saturated heterocycles. The fourth-order valence-electron chi connectivity index (χ4n) is 2.57. The molecule has 1 fully saturated rings. The van der Waals surface area contributed by atoms with Crippen molar-refractivity contribution in [2.45, 2.75) is 52.4 Å². The zero-order valence-corrected chi connectivity index (χ0v) is 13.6. The molecule has 118 valence electrons. The number of piperidine rings is 1. The van der Waals surface area contributed by atoms with Gasteiger partial charge < -0.3 is 4.90 Å². The maximum absolute atomic E-state index is 12.1. The third-order valence-electron chi connectivity index (χ3n) is 3.87. The molecular formula is C14H28N2O3S. The molecule has 0 bridgehead atoms. The van der Waals surface area contributed by atoms with Crippen molar-refractivity contribution >= 4 is 15.9 Å². The van der Waals surface area contributed by atoms with E-state index in [1.165, 1.54) is 0 Å². The molecule has 0 saturated carbocycles. The maximum Gasteiger partial charge on any atom is 0.222 e. The van der Waals surface area contributed by atoms with Gasteiger partial charge in [-0.25, -0.2) is 12.7 Å². The third-order valence-corrected chi connectivity index (χ3v) is 5.82. The number of amides is 1. The quantitative estimate of drug-likeness (QED) is 0.643. The molecular weight excluding hydrogens is 276 g/mol. The van der Waals surface area contributed by atoms with E-state index in [0.29, 0.717) is 32.4 Å². The van der Waals surface area contributed by atoms with E-state index in [0.717, 1.165) is 32.4 Å². The van der Waals surface area contributed by atoms with Crippen LogP contribution in [0, 0.1) is 0 Å². The fourth-order valence-corrected chi connectivity index (χ4v) is 4.21. The summed E-state index contributed by atoms with van der Waals surface area (Å²) in [5.74, 6) is 0.309. The van der Waals surface area contributed by atoms with Gasteiger partial charge in [-0.2, -0.15) is 0 Å². The summed E-state index contributed by atoms with van der Waals surface area (Å²) in [6.45, 7) is 6.70. The molecule has 1 heterocycles. The average molecular weight is 304 g/mol. The van der Waals surface area contributed by atoms with Crippen LogP contribution in [-0.4, -0.2) is 55.5 Å². The second kappa shape index (κ2) is 8.62. The molecule has 6 heteroatoms. The van der Waals surface area contributed by atoms with Crippen LogP contribution in [0.1, 0.15) is 52.4 Å². The van der Waals surface area contributed by atoms with Gasteiger partial charge in [-0.15, -0.1) is 0 Å². The van der Waals surface area contributed by atoms with Gasteiger partial charge in [-0.1, -0.05) is 6.42 Å². The van der Waals surface area contributed by atoms with Crippen molar-refractivity contribution in [1.29, 1.82) is 0 Å². The number of hydrogen-bond acceptors (Lipinski definition) is 3. The molecule has 0 aromatic heterocycles. The Balaban J connectivity index is 2.27. The van der Waals surface area contributed by atoms with Gasteiger partial charge in [0.2, 0.25) is 15.9 Å². The first-order valence-electron chi connectivity index (χ1n) is 7.76. The SMILES string of the molecule is CCN(CC)C(=O)CCCCS(=O)(=O)N1CCCCC1. The molecule has 0 atom stereocenters. The summed E-state index contributed by atoms with van der Waals surface area (Å²) in [4.78, 5) is 13.6. The highest BCUT2D eigenvalue weighted by atomic mass is 32.2. The summed E-state index contributed by atoms with van der Waals surface area (Å²) in [6.07, 6.45) is 4.76. The first kappa shape index (κ1) is 17.4. The van der Waals surface area contributed by atoms with E-state index < -0.39 is 10.0 Å². The van der Waals surface area contributed by atoms with Crippen LogP contribution >= 0.6 is 0 Å². The monoisotopic (exact) mass is 304 g/mol. The van der Waals surface area contributed by atoms with Gasteiger partial charge in [0, 0.05) is 32.6 Å². The molecule has 0 N–H and O–H groups in total. The Morgan fingerprint density at radius 3 is 2.20 bits per heavy atom. The van der Waals surface area contributed by atoms with Gasteiger partial charge in [0.05, 0.1) is 5.75 Å². The van der Waals surface area contributed by atoms with Crippen molar-refractivity contribution in [2.75, 3.05) is 31.9 Å². The predicted octanol–water partition coefficient (Wildman–Crippen LogP) is 1.84. The predicted molar refractivity (Wildman–Crippen MR) is 81.0 cm³/mol. The fraction of sp³-hybridized carbons (Fsp3) is 0.929. The van der Waals surface area contributed by atoms with Gasteiger partial charge in [-0.3, -0.25) is 4.79 Å². The van der Waals surface area contributed by atoms with Gasteiger partial charge >= 0.3 is 0 Å². The summed E-state index contributed by atoms with van der Waals surface area (Å²) in [6, 6.07) is 0. The maximum atomic E-state index is 12.1. The molecule has 1 amide bonds. The van der Waals surface area contributed by atoms with E-state index in [4.69, 9.17) is 0 Å². The minimum Gasteiger partial charge on any atom is -0.343 e. The van der Waals surface area contributed by atoms with Crippen molar-refractivity contribution in [3.63, 3.8) is 0 Å². The Bertz CT molecular complexity index is 385. The van der Waals surface area contributed by atoms with Crippen molar-refractivity contribution in [3.8, 4) is 0 Å². The Morgan fingerprint density at radius 1 is 1.05 bits per heavy atom. The minimum absolute atomic E-state index is 0.130. The molecule has 5 nitrogen and oxygen atoms in total. The lowest BCUT2D eigenvalue weighted by atomic mass is 10.2. The van der Waals surface area contributed by atoms with E-state index in [1.807, 2.05) is 13.8 Å². The summed E-state index contributed by atoms with van der Waals surface area (Å²) in [7, 11) is -3.10. The van der Waals surface area contributed by atoms with Crippen LogP contribution < -0.4 is 0 Å². The zero-order valence-electron chi connectivity index (χ0n) is 12.8. The molecule has 0 aromatic rings. The van der Waals surface area contributed by atoms with Crippen LogP contribution in [-0.2, 0) is 14.8 Å². The normalized spacial score (nSPS) is 17.1. The van der Waals surface area contributed by atoms with Crippen LogP contribution in [0.15, 0.2) is 0 Å². The second-order valence-electron chi connectivity index (χ2n) is 5.30. The number of hydrogen-bond donors (Lipinski definition) is 0. The summed E-state index contributed by atoms with van der Waals surface area (Å²) < 4.78 is 25.8. The van der Waals surface area contributed by atoms with Crippen molar-refractivity contribution in [3.05, 3.63) is 0 Å². The van der Waals surface area contributed by atoms with Crippen molar-refractivity contribution < 1.29 is 13.2 Å². The zero-order chi connectivity index (χ0) is 15.0. The van der Waals surface area contributed by atoms with Crippen LogP contribution in [0.5, 0.6) is 0 Å². The number of unbranched alkanes of at least 4 members (excludes halogenated alkanes) is 1. The first-order valence-corrected chi connectivity index (χ1v) is 9.37. The number of nitrogens with zero attached hydrogens (tertiary/aromatic N) is 2. The molecule has 0 spiro atoms. The summed E-state index contributed by atoms with van der Waals surface area (Å²) in [5, 5.41) is 0. The lowest BCUT2D eigenvalue weighted by molar-refractivity contribution is -0.130. The largest absolute Gasteiger partial charge is 0.343 e. The number of carbonyl (C=O) groups is 1. The second-order valence-corrected chi connectivity index (χ2v) is 7.39. The minimum atomic E-state index is -3.10. The summed E-state index contributed by atoms with van der Waals surface area (Å²) >= 11 is 0. The lowest BCUT2D eigenvalue weighted by Gasteiger charge is -2.25. The van der Waals surface area contributed by atoms with Crippen LogP contribution in [0.3, 0.4) is 0 Å². The van der Waals surface area contributed by atoms with E-state index in [2.05, 4.69) is 0 Å².